The van der Waals surface area contributed by atoms with Gasteiger partial charge < -0.3 is 10.6 Å². The van der Waals surface area contributed by atoms with Crippen LogP contribution in [-0.2, 0) is 11.3 Å². The predicted octanol–water partition coefficient (Wildman–Crippen LogP) is 0.927. The summed E-state index contributed by atoms with van der Waals surface area (Å²) in [7, 11) is 1.91. The lowest BCUT2D eigenvalue weighted by molar-refractivity contribution is -0.122. The standard InChI is InChI=1S/C14H23N5O/c1-4-15-12-7-10(2)16-13(18-12)8-19(3)9-14(20)17-11-5-6-11/h7,11H,4-6,8-9H2,1-3H3,(H,17,20)(H,15,16,18). The first kappa shape index (κ1) is 14.7. The number of nitrogens with one attached hydrogen (secondary N) is 2. The number of hydrogen-bond acceptors (Lipinski definition) is 5. The Labute approximate surface area is 120 Å². The minimum Gasteiger partial charge on any atom is -0.370 e. The fraction of sp³-hybridized carbons (Fsp3) is 0.643. The van der Waals surface area contributed by atoms with Crippen molar-refractivity contribution in [1.82, 2.24) is 20.2 Å². The minimum atomic E-state index is 0.0783. The summed E-state index contributed by atoms with van der Waals surface area (Å²) in [5.41, 5.74) is 0.932. The van der Waals surface area contributed by atoms with E-state index < -0.39 is 0 Å². The van der Waals surface area contributed by atoms with Crippen molar-refractivity contribution in [3.05, 3.63) is 17.6 Å². The number of carbonyl (C=O) groups is 1. The van der Waals surface area contributed by atoms with E-state index in [9.17, 15) is 4.79 Å². The van der Waals surface area contributed by atoms with Crippen molar-refractivity contribution < 1.29 is 4.79 Å². The molecule has 1 saturated carbocycles. The molecule has 0 radical (unpaired) electrons. The first-order chi connectivity index (χ1) is 9.56. The van der Waals surface area contributed by atoms with E-state index >= 15 is 0 Å². The fourth-order valence-electron chi connectivity index (χ4n) is 2.02. The summed E-state index contributed by atoms with van der Waals surface area (Å²) in [6.45, 7) is 5.76. The average molecular weight is 277 g/mol. The van der Waals surface area contributed by atoms with Crippen molar-refractivity contribution in [2.24, 2.45) is 0 Å². The van der Waals surface area contributed by atoms with Gasteiger partial charge in [-0.2, -0.15) is 0 Å². The molecule has 1 aromatic heterocycles. The van der Waals surface area contributed by atoms with Crippen LogP contribution >= 0.6 is 0 Å². The van der Waals surface area contributed by atoms with Crippen LogP contribution in [0.3, 0.4) is 0 Å². The SMILES string of the molecule is CCNc1cc(C)nc(CN(C)CC(=O)NC2CC2)n1. The van der Waals surface area contributed by atoms with Gasteiger partial charge in [0.1, 0.15) is 11.6 Å². The Morgan fingerprint density at radius 1 is 1.45 bits per heavy atom. The molecule has 1 fully saturated rings. The van der Waals surface area contributed by atoms with Gasteiger partial charge in [-0.3, -0.25) is 9.69 Å². The number of nitrogens with zero attached hydrogens (tertiary/aromatic N) is 3. The molecule has 0 saturated heterocycles. The molecule has 0 bridgehead atoms. The molecule has 1 aliphatic rings. The van der Waals surface area contributed by atoms with Crippen molar-refractivity contribution in [2.75, 3.05) is 25.5 Å². The van der Waals surface area contributed by atoms with Crippen molar-refractivity contribution in [3.63, 3.8) is 0 Å². The van der Waals surface area contributed by atoms with Crippen LogP contribution in [0.15, 0.2) is 6.07 Å². The highest BCUT2D eigenvalue weighted by Crippen LogP contribution is 2.18. The molecule has 20 heavy (non-hydrogen) atoms. The van der Waals surface area contributed by atoms with E-state index in [1.807, 2.05) is 31.9 Å². The third kappa shape index (κ3) is 4.77. The number of anilines is 1. The zero-order valence-electron chi connectivity index (χ0n) is 12.4. The summed E-state index contributed by atoms with van der Waals surface area (Å²) < 4.78 is 0. The van der Waals surface area contributed by atoms with Gasteiger partial charge in [-0.05, 0) is 33.7 Å². The van der Waals surface area contributed by atoms with Crippen LogP contribution in [0.1, 0.15) is 31.3 Å². The molecule has 1 aliphatic carbocycles. The molecule has 1 amide bonds. The molecule has 0 spiro atoms. The quantitative estimate of drug-likeness (QED) is 0.776. The number of aromatic nitrogens is 2. The molecule has 110 valence electrons. The smallest absolute Gasteiger partial charge is 0.234 e. The highest BCUT2D eigenvalue weighted by Gasteiger charge is 2.23. The van der Waals surface area contributed by atoms with Gasteiger partial charge in [0, 0.05) is 24.3 Å². The maximum atomic E-state index is 11.7. The second-order valence-corrected chi connectivity index (χ2v) is 5.36. The molecule has 0 aliphatic heterocycles. The highest BCUT2D eigenvalue weighted by molar-refractivity contribution is 5.78. The molecule has 0 atom stereocenters. The number of hydrogen-bond donors (Lipinski definition) is 2. The lowest BCUT2D eigenvalue weighted by Crippen LogP contribution is -2.36. The summed E-state index contributed by atoms with van der Waals surface area (Å²) in [6.07, 6.45) is 2.23. The molecule has 6 nitrogen and oxygen atoms in total. The van der Waals surface area contributed by atoms with Crippen molar-refractivity contribution >= 4 is 11.7 Å². The van der Waals surface area contributed by atoms with E-state index in [0.717, 1.165) is 36.7 Å². The highest BCUT2D eigenvalue weighted by atomic mass is 16.2. The van der Waals surface area contributed by atoms with E-state index in [4.69, 9.17) is 0 Å². The average Bonchev–Trinajstić information content (AvgIpc) is 3.11. The zero-order chi connectivity index (χ0) is 14.5. The minimum absolute atomic E-state index is 0.0783. The Bertz CT molecular complexity index is 473. The first-order valence-corrected chi connectivity index (χ1v) is 7.13. The van der Waals surface area contributed by atoms with Crippen molar-refractivity contribution in [1.29, 1.82) is 0 Å². The second kappa shape index (κ2) is 6.65. The second-order valence-electron chi connectivity index (χ2n) is 5.36. The number of carbonyl (C=O) groups excluding carboxylic acids is 1. The van der Waals surface area contributed by atoms with E-state index in [2.05, 4.69) is 20.6 Å². The van der Waals surface area contributed by atoms with E-state index in [-0.39, 0.29) is 5.91 Å². The molecular weight excluding hydrogens is 254 g/mol. The van der Waals surface area contributed by atoms with Gasteiger partial charge in [-0.1, -0.05) is 0 Å². The summed E-state index contributed by atoms with van der Waals surface area (Å²) in [5.74, 6) is 1.66. The number of aryl methyl sites for hydroxylation is 1. The normalized spacial score (nSPS) is 14.4. The van der Waals surface area contributed by atoms with Gasteiger partial charge in [-0.25, -0.2) is 9.97 Å². The third-order valence-electron chi connectivity index (χ3n) is 3.03. The molecule has 1 aromatic rings. The number of likely N-dealkylation sites (N-methyl/N-ethyl adjacent to an activating group) is 1. The molecule has 2 N–H and O–H groups in total. The van der Waals surface area contributed by atoms with Gasteiger partial charge >= 0.3 is 0 Å². The lowest BCUT2D eigenvalue weighted by atomic mass is 10.4. The monoisotopic (exact) mass is 277 g/mol. The largest absolute Gasteiger partial charge is 0.370 e. The predicted molar refractivity (Wildman–Crippen MR) is 78.4 cm³/mol. The summed E-state index contributed by atoms with van der Waals surface area (Å²) >= 11 is 0. The first-order valence-electron chi connectivity index (χ1n) is 7.13. The molecule has 2 rings (SSSR count). The van der Waals surface area contributed by atoms with Crippen LogP contribution in [0.25, 0.3) is 0 Å². The van der Waals surface area contributed by atoms with Crippen LogP contribution < -0.4 is 10.6 Å². The topological polar surface area (TPSA) is 70.2 Å². The van der Waals surface area contributed by atoms with Gasteiger partial charge in [0.15, 0.2) is 0 Å². The van der Waals surface area contributed by atoms with Crippen molar-refractivity contribution in [3.8, 4) is 0 Å². The maximum Gasteiger partial charge on any atom is 0.234 e. The Morgan fingerprint density at radius 3 is 2.85 bits per heavy atom. The van der Waals surface area contributed by atoms with Crippen LogP contribution in [-0.4, -0.2) is 47.0 Å². The molecule has 1 heterocycles. The van der Waals surface area contributed by atoms with Gasteiger partial charge in [0.2, 0.25) is 5.91 Å². The van der Waals surface area contributed by atoms with Crippen LogP contribution in [0.2, 0.25) is 0 Å². The number of amides is 1. The van der Waals surface area contributed by atoms with Gasteiger partial charge in [0.05, 0.1) is 13.1 Å². The van der Waals surface area contributed by atoms with Gasteiger partial charge in [-0.15, -0.1) is 0 Å². The summed E-state index contributed by atoms with van der Waals surface area (Å²) in [6, 6.07) is 2.33. The molecule has 0 aromatic carbocycles. The Morgan fingerprint density at radius 2 is 2.20 bits per heavy atom. The number of rotatable bonds is 7. The molecular formula is C14H23N5O. The van der Waals surface area contributed by atoms with E-state index in [0.29, 0.717) is 19.1 Å². The fourth-order valence-corrected chi connectivity index (χ4v) is 2.02. The maximum absolute atomic E-state index is 11.7. The Hall–Kier alpha value is -1.69. The van der Waals surface area contributed by atoms with Crippen LogP contribution in [0.4, 0.5) is 5.82 Å². The lowest BCUT2D eigenvalue weighted by Gasteiger charge is -2.16. The van der Waals surface area contributed by atoms with Crippen LogP contribution in [0, 0.1) is 6.92 Å². The van der Waals surface area contributed by atoms with E-state index in [1.54, 1.807) is 0 Å². The van der Waals surface area contributed by atoms with Crippen molar-refractivity contribution in [2.45, 2.75) is 39.3 Å². The summed E-state index contributed by atoms with van der Waals surface area (Å²) in [5, 5.41) is 6.17. The van der Waals surface area contributed by atoms with Gasteiger partial charge in [0.25, 0.3) is 0 Å². The Balaban J connectivity index is 1.88. The molecule has 0 unspecified atom stereocenters. The molecule has 6 heteroatoms. The zero-order valence-corrected chi connectivity index (χ0v) is 12.4. The Kier molecular flexibility index (Phi) is 4.89. The third-order valence-corrected chi connectivity index (χ3v) is 3.03. The van der Waals surface area contributed by atoms with Crippen LogP contribution in [0.5, 0.6) is 0 Å². The summed E-state index contributed by atoms with van der Waals surface area (Å²) in [4.78, 5) is 22.5. The van der Waals surface area contributed by atoms with E-state index in [1.165, 1.54) is 0 Å².